The summed E-state index contributed by atoms with van der Waals surface area (Å²) in [6, 6.07) is 3.90. The molecule has 2 rings (SSSR count). The molecule has 0 radical (unpaired) electrons. The zero-order valence-corrected chi connectivity index (χ0v) is 23.4. The number of ether oxygens (including phenoxy) is 2. The number of rotatable bonds is 8. The van der Waals surface area contributed by atoms with Crippen LogP contribution in [0.1, 0.15) is 74.4 Å². The Morgan fingerprint density at radius 1 is 1.09 bits per heavy atom. The van der Waals surface area contributed by atoms with Crippen molar-refractivity contribution >= 4 is 25.6 Å². The topological polar surface area (TPSA) is 74.1 Å². The number of fused-ring (bicyclic) bond motifs is 1. The first-order valence-corrected chi connectivity index (χ1v) is 14.7. The summed E-state index contributed by atoms with van der Waals surface area (Å²) in [4.78, 5) is 12.3. The fraction of sp³-hybridized carbons (Fsp3) is 0.680. The Morgan fingerprint density at radius 2 is 1.73 bits per heavy atom. The molecule has 0 aliphatic heterocycles. The van der Waals surface area contributed by atoms with E-state index in [0.717, 1.165) is 24.1 Å². The number of pyridine rings is 1. The van der Waals surface area contributed by atoms with Crippen LogP contribution in [0.2, 0.25) is 18.1 Å². The van der Waals surface area contributed by atoms with E-state index in [1.807, 2.05) is 39.8 Å². The van der Waals surface area contributed by atoms with Gasteiger partial charge in [-0.1, -0.05) is 20.8 Å². The lowest BCUT2D eigenvalue weighted by molar-refractivity contribution is 0.0635. The summed E-state index contributed by atoms with van der Waals surface area (Å²) in [6.45, 7) is 23.6. The second-order valence-corrected chi connectivity index (χ2v) is 16.5. The summed E-state index contributed by atoms with van der Waals surface area (Å²) in [5.74, 6) is 0.548. The van der Waals surface area contributed by atoms with E-state index < -0.39 is 20.0 Å². The Hall–Kier alpha value is -2.06. The van der Waals surface area contributed by atoms with Gasteiger partial charge in [0.05, 0.1) is 35.3 Å². The van der Waals surface area contributed by atoms with Crippen molar-refractivity contribution in [2.75, 3.05) is 11.9 Å². The maximum absolute atomic E-state index is 12.3. The zero-order chi connectivity index (χ0) is 25.2. The van der Waals surface area contributed by atoms with Gasteiger partial charge in [0, 0.05) is 0 Å². The summed E-state index contributed by atoms with van der Waals surface area (Å²) >= 11 is 0. The van der Waals surface area contributed by atoms with Crippen LogP contribution in [0.3, 0.4) is 0 Å². The van der Waals surface area contributed by atoms with Gasteiger partial charge in [-0.25, -0.2) is 9.31 Å². The number of aromatic nitrogens is 2. The maximum Gasteiger partial charge on any atom is 0.412 e. The molecule has 0 unspecified atom stereocenters. The monoisotopic (exact) mass is 477 g/mol. The van der Waals surface area contributed by atoms with Gasteiger partial charge >= 0.3 is 6.09 Å². The number of nitrogens with zero attached hydrogens (tertiary/aromatic N) is 2. The molecule has 0 aliphatic rings. The third-order valence-electron chi connectivity index (χ3n) is 5.87. The number of hydrogen-bond donors (Lipinski definition) is 1. The van der Waals surface area contributed by atoms with Gasteiger partial charge in [0.1, 0.15) is 5.60 Å². The number of hydrogen-bond acceptors (Lipinski definition) is 5. The van der Waals surface area contributed by atoms with Gasteiger partial charge in [0.25, 0.3) is 0 Å². The third-order valence-corrected chi connectivity index (χ3v) is 10.5. The van der Waals surface area contributed by atoms with E-state index in [0.29, 0.717) is 18.0 Å². The van der Waals surface area contributed by atoms with Crippen LogP contribution in [-0.4, -0.2) is 41.8 Å². The van der Waals surface area contributed by atoms with Gasteiger partial charge in [-0.3, -0.25) is 5.32 Å². The van der Waals surface area contributed by atoms with Gasteiger partial charge in [-0.2, -0.15) is 5.10 Å². The first-order valence-electron chi connectivity index (χ1n) is 11.8. The van der Waals surface area contributed by atoms with Crippen molar-refractivity contribution in [1.82, 2.24) is 9.61 Å². The molecule has 0 spiro atoms. The molecule has 7 nitrogen and oxygen atoms in total. The van der Waals surface area contributed by atoms with Crippen molar-refractivity contribution in [1.29, 1.82) is 0 Å². The molecule has 1 N–H and O–H groups in total. The van der Waals surface area contributed by atoms with E-state index in [4.69, 9.17) is 19.0 Å². The summed E-state index contributed by atoms with van der Waals surface area (Å²) in [6.07, 6.45) is 2.94. The second kappa shape index (κ2) is 9.66. The highest BCUT2D eigenvalue weighted by Gasteiger charge is 2.41. The highest BCUT2D eigenvalue weighted by Crippen LogP contribution is 2.40. The van der Waals surface area contributed by atoms with Crippen LogP contribution < -0.4 is 10.1 Å². The molecule has 2 aromatic rings. The number of carbonyl (C=O) groups is 1. The van der Waals surface area contributed by atoms with E-state index in [9.17, 15) is 4.79 Å². The van der Waals surface area contributed by atoms with Crippen LogP contribution in [0.5, 0.6) is 5.75 Å². The van der Waals surface area contributed by atoms with E-state index in [1.54, 1.807) is 10.7 Å². The molecule has 0 bridgehead atoms. The highest BCUT2D eigenvalue weighted by molar-refractivity contribution is 6.74. The molecule has 0 saturated carbocycles. The van der Waals surface area contributed by atoms with Crippen molar-refractivity contribution in [2.24, 2.45) is 0 Å². The summed E-state index contributed by atoms with van der Waals surface area (Å²) in [5.41, 5.74) is 1.59. The molecule has 33 heavy (non-hydrogen) atoms. The fourth-order valence-electron chi connectivity index (χ4n) is 3.30. The number of anilines is 1. The highest BCUT2D eigenvalue weighted by atomic mass is 28.4. The van der Waals surface area contributed by atoms with E-state index in [2.05, 4.69) is 53.0 Å². The molecule has 2 heterocycles. The van der Waals surface area contributed by atoms with E-state index in [1.165, 1.54) is 0 Å². The number of aryl methyl sites for hydroxylation is 1. The number of carbonyl (C=O) groups excluding carboxylic acids is 1. The molecule has 1 amide bonds. The molecule has 186 valence electrons. The smallest absolute Gasteiger partial charge is 0.412 e. The minimum atomic E-state index is -1.86. The molecule has 2 aromatic heterocycles. The Balaban J connectivity index is 2.20. The summed E-state index contributed by atoms with van der Waals surface area (Å²) < 4.78 is 19.6. The first-order chi connectivity index (χ1) is 14.9. The first kappa shape index (κ1) is 27.2. The SMILES string of the molecule is CCOc1cn2nc(CCC(C)(C)O[Si](C)(C)C(C)(C)C)cc2cc1NC(=O)OC(C)(C)C. The van der Waals surface area contributed by atoms with Gasteiger partial charge in [-0.15, -0.1) is 0 Å². The Morgan fingerprint density at radius 3 is 2.27 bits per heavy atom. The van der Waals surface area contributed by atoms with Crippen molar-refractivity contribution in [3.63, 3.8) is 0 Å². The van der Waals surface area contributed by atoms with Crippen LogP contribution in [-0.2, 0) is 15.6 Å². The van der Waals surface area contributed by atoms with Crippen LogP contribution >= 0.6 is 0 Å². The maximum atomic E-state index is 12.3. The minimum absolute atomic E-state index is 0.167. The van der Waals surface area contributed by atoms with E-state index >= 15 is 0 Å². The second-order valence-electron chi connectivity index (χ2n) is 11.7. The normalized spacial score (nSPS) is 13.3. The van der Waals surface area contributed by atoms with Crippen LogP contribution in [0.25, 0.3) is 5.52 Å². The summed E-state index contributed by atoms with van der Waals surface area (Å²) in [5, 5.41) is 7.71. The van der Waals surface area contributed by atoms with Gasteiger partial charge < -0.3 is 13.9 Å². The lowest BCUT2D eigenvalue weighted by Gasteiger charge is -2.42. The number of nitrogens with one attached hydrogen (secondary N) is 1. The van der Waals surface area contributed by atoms with E-state index in [-0.39, 0.29) is 10.6 Å². The lowest BCUT2D eigenvalue weighted by Crippen LogP contribution is -2.47. The van der Waals surface area contributed by atoms with Crippen molar-refractivity contribution in [3.05, 3.63) is 24.0 Å². The van der Waals surface area contributed by atoms with Crippen LogP contribution in [0, 0.1) is 0 Å². The molecular weight excluding hydrogens is 434 g/mol. The fourth-order valence-corrected chi connectivity index (χ4v) is 5.09. The Bertz CT molecular complexity index is 968. The average Bonchev–Trinajstić information content (AvgIpc) is 2.99. The molecule has 0 saturated heterocycles. The molecule has 8 heteroatoms. The Labute approximate surface area is 200 Å². The Kier molecular flexibility index (Phi) is 7.96. The van der Waals surface area contributed by atoms with Gasteiger partial charge in [0.15, 0.2) is 14.1 Å². The molecule has 0 fully saturated rings. The van der Waals surface area contributed by atoms with Crippen LogP contribution in [0.15, 0.2) is 18.3 Å². The van der Waals surface area contributed by atoms with Crippen molar-refractivity contribution in [2.45, 2.75) is 104 Å². The van der Waals surface area contributed by atoms with Gasteiger partial charge in [0.2, 0.25) is 0 Å². The molecule has 0 atom stereocenters. The minimum Gasteiger partial charge on any atom is -0.490 e. The number of amides is 1. The summed E-state index contributed by atoms with van der Waals surface area (Å²) in [7, 11) is -1.86. The largest absolute Gasteiger partial charge is 0.490 e. The average molecular weight is 478 g/mol. The predicted octanol–water partition coefficient (Wildman–Crippen LogP) is 6.81. The predicted molar refractivity (Wildman–Crippen MR) is 137 cm³/mol. The zero-order valence-electron chi connectivity index (χ0n) is 22.4. The molecule has 0 aliphatic carbocycles. The molecular formula is C25H43N3O4Si. The van der Waals surface area contributed by atoms with Crippen molar-refractivity contribution < 1.29 is 18.7 Å². The third kappa shape index (κ3) is 7.74. The van der Waals surface area contributed by atoms with Gasteiger partial charge in [-0.05, 0) is 84.6 Å². The molecule has 0 aromatic carbocycles. The standard InChI is InChI=1S/C25H43N3O4Si/c1-12-30-21-17-28-19(16-20(21)26-22(29)31-23(2,3)4)15-18(27-28)13-14-25(8,9)32-33(10,11)24(5,6)7/h15-17H,12-14H2,1-11H3,(H,26,29). The lowest BCUT2D eigenvalue weighted by atomic mass is 10.0. The van der Waals surface area contributed by atoms with Crippen LogP contribution in [0.4, 0.5) is 10.5 Å². The quantitative estimate of drug-likeness (QED) is 0.423. The van der Waals surface area contributed by atoms with Crippen molar-refractivity contribution in [3.8, 4) is 5.75 Å².